The van der Waals surface area contributed by atoms with Crippen LogP contribution in [0, 0.1) is 5.82 Å². The Morgan fingerprint density at radius 1 is 0.946 bits per heavy atom. The van der Waals surface area contributed by atoms with Crippen molar-refractivity contribution in [2.75, 3.05) is 7.11 Å². The van der Waals surface area contributed by atoms with Crippen molar-refractivity contribution in [1.29, 1.82) is 0 Å². The standard InChI is InChI=1S/C26H20Cl2FNO6S/c1-34-24-11-8-17(13-25(24)36-37(32,33)19-9-10-21(27)22(28)14-19)15-30(16-18-5-4-12-35-18)26(31)20-6-2-3-7-23(20)29/h2-14H,15-16H2,1H3. The van der Waals surface area contributed by atoms with E-state index in [0.29, 0.717) is 11.3 Å². The summed E-state index contributed by atoms with van der Waals surface area (Å²) in [5.41, 5.74) is 0.387. The summed E-state index contributed by atoms with van der Waals surface area (Å²) >= 11 is 11.9. The van der Waals surface area contributed by atoms with Gasteiger partial charge in [0.05, 0.1) is 35.5 Å². The fourth-order valence-electron chi connectivity index (χ4n) is 3.50. The summed E-state index contributed by atoms with van der Waals surface area (Å²) in [6.07, 6.45) is 1.47. The average molecular weight is 564 g/mol. The molecule has 0 aliphatic carbocycles. The average Bonchev–Trinajstić information content (AvgIpc) is 3.38. The van der Waals surface area contributed by atoms with Gasteiger partial charge in [-0.25, -0.2) is 4.39 Å². The molecule has 4 aromatic rings. The lowest BCUT2D eigenvalue weighted by Gasteiger charge is -2.23. The summed E-state index contributed by atoms with van der Waals surface area (Å²) in [5, 5.41) is 0.239. The van der Waals surface area contributed by atoms with Crippen molar-refractivity contribution in [2.24, 2.45) is 0 Å². The first-order valence-corrected chi connectivity index (χ1v) is 13.0. The summed E-state index contributed by atoms with van der Waals surface area (Å²) in [7, 11) is -2.94. The Hall–Kier alpha value is -3.53. The van der Waals surface area contributed by atoms with Gasteiger partial charge < -0.3 is 18.2 Å². The van der Waals surface area contributed by atoms with Crippen LogP contribution in [0.1, 0.15) is 21.7 Å². The van der Waals surface area contributed by atoms with Crippen molar-refractivity contribution in [2.45, 2.75) is 18.0 Å². The Balaban J connectivity index is 1.66. The molecule has 0 fully saturated rings. The van der Waals surface area contributed by atoms with Crippen molar-refractivity contribution >= 4 is 39.2 Å². The highest BCUT2D eigenvalue weighted by atomic mass is 35.5. The molecule has 0 aliphatic heterocycles. The van der Waals surface area contributed by atoms with Gasteiger partial charge in [-0.3, -0.25) is 4.79 Å². The highest BCUT2D eigenvalue weighted by Crippen LogP contribution is 2.33. The zero-order chi connectivity index (χ0) is 26.6. The molecule has 0 N–H and O–H groups in total. The van der Waals surface area contributed by atoms with Crippen LogP contribution in [-0.4, -0.2) is 26.3 Å². The van der Waals surface area contributed by atoms with Crippen molar-refractivity contribution in [3.05, 3.63) is 112 Å². The number of carbonyl (C=O) groups excluding carboxylic acids is 1. The number of carbonyl (C=O) groups is 1. The lowest BCUT2D eigenvalue weighted by molar-refractivity contribution is 0.0712. The Labute approximate surface area is 223 Å². The van der Waals surface area contributed by atoms with E-state index in [1.165, 1.54) is 66.8 Å². The third-order valence-corrected chi connectivity index (χ3v) is 7.27. The Kier molecular flexibility index (Phi) is 8.06. The van der Waals surface area contributed by atoms with Crippen LogP contribution >= 0.6 is 23.2 Å². The number of nitrogens with zero attached hydrogens (tertiary/aromatic N) is 1. The number of amides is 1. The number of hydrogen-bond acceptors (Lipinski definition) is 6. The second kappa shape index (κ2) is 11.2. The molecule has 0 unspecified atom stereocenters. The molecule has 1 amide bonds. The normalized spacial score (nSPS) is 11.2. The van der Waals surface area contributed by atoms with Crippen molar-refractivity contribution < 1.29 is 30.9 Å². The first-order valence-electron chi connectivity index (χ1n) is 10.8. The van der Waals surface area contributed by atoms with Crippen LogP contribution in [0.2, 0.25) is 10.0 Å². The van der Waals surface area contributed by atoms with E-state index in [0.717, 1.165) is 0 Å². The van der Waals surface area contributed by atoms with E-state index < -0.39 is 21.8 Å². The van der Waals surface area contributed by atoms with Crippen molar-refractivity contribution in [3.8, 4) is 11.5 Å². The number of hydrogen-bond donors (Lipinski definition) is 0. The van der Waals surface area contributed by atoms with Gasteiger partial charge in [-0.2, -0.15) is 8.42 Å². The highest BCUT2D eigenvalue weighted by Gasteiger charge is 2.24. The van der Waals surface area contributed by atoms with Crippen LogP contribution in [0.5, 0.6) is 11.5 Å². The summed E-state index contributed by atoms with van der Waals surface area (Å²) in [4.78, 5) is 14.4. The largest absolute Gasteiger partial charge is 0.493 e. The lowest BCUT2D eigenvalue weighted by Crippen LogP contribution is -2.30. The molecule has 11 heteroatoms. The molecule has 0 bridgehead atoms. The molecular formula is C26H20Cl2FNO6S. The van der Waals surface area contributed by atoms with E-state index in [1.54, 1.807) is 24.3 Å². The second-order valence-corrected chi connectivity index (χ2v) is 10.2. The highest BCUT2D eigenvalue weighted by molar-refractivity contribution is 7.87. The minimum atomic E-state index is -4.30. The monoisotopic (exact) mass is 563 g/mol. The number of ether oxygens (including phenoxy) is 1. The maximum atomic E-state index is 14.4. The van der Waals surface area contributed by atoms with E-state index in [2.05, 4.69) is 0 Å². The van der Waals surface area contributed by atoms with E-state index in [4.69, 9.17) is 36.5 Å². The summed E-state index contributed by atoms with van der Waals surface area (Å²) < 4.78 is 56.2. The van der Waals surface area contributed by atoms with Gasteiger partial charge in [0.25, 0.3) is 5.91 Å². The van der Waals surface area contributed by atoms with Gasteiger partial charge in [0, 0.05) is 6.54 Å². The Bertz CT molecular complexity index is 1530. The minimum absolute atomic E-state index is 0.0129. The molecule has 0 saturated carbocycles. The van der Waals surface area contributed by atoms with Gasteiger partial charge in [0.2, 0.25) is 0 Å². The Morgan fingerprint density at radius 3 is 2.41 bits per heavy atom. The first kappa shape index (κ1) is 26.5. The van der Waals surface area contributed by atoms with E-state index in [9.17, 15) is 17.6 Å². The van der Waals surface area contributed by atoms with Crippen LogP contribution in [0.3, 0.4) is 0 Å². The van der Waals surface area contributed by atoms with E-state index in [-0.39, 0.29) is 45.1 Å². The lowest BCUT2D eigenvalue weighted by atomic mass is 10.1. The van der Waals surface area contributed by atoms with E-state index in [1.807, 2.05) is 0 Å². The predicted octanol–water partition coefficient (Wildman–Crippen LogP) is 6.34. The molecule has 0 spiro atoms. The molecule has 0 saturated heterocycles. The zero-order valence-electron chi connectivity index (χ0n) is 19.4. The molecule has 7 nitrogen and oxygen atoms in total. The third kappa shape index (κ3) is 6.25. The molecule has 0 radical (unpaired) electrons. The topological polar surface area (TPSA) is 86.0 Å². The summed E-state index contributed by atoms with van der Waals surface area (Å²) in [6.45, 7) is 0.0327. The fourth-order valence-corrected chi connectivity index (χ4v) is 4.82. The number of rotatable bonds is 9. The summed E-state index contributed by atoms with van der Waals surface area (Å²) in [5.74, 6) is -0.718. The molecule has 1 heterocycles. The van der Waals surface area contributed by atoms with Gasteiger partial charge in [-0.1, -0.05) is 41.4 Å². The number of halogens is 3. The number of methoxy groups -OCH3 is 1. The maximum Gasteiger partial charge on any atom is 0.339 e. The van der Waals surface area contributed by atoms with Gasteiger partial charge in [0.1, 0.15) is 16.5 Å². The second-order valence-electron chi connectivity index (χ2n) is 7.82. The van der Waals surface area contributed by atoms with Gasteiger partial charge in [-0.05, 0) is 60.2 Å². The number of benzene rings is 3. The Morgan fingerprint density at radius 2 is 1.73 bits per heavy atom. The maximum absolute atomic E-state index is 14.4. The van der Waals surface area contributed by atoms with Crippen molar-refractivity contribution in [3.63, 3.8) is 0 Å². The van der Waals surface area contributed by atoms with Gasteiger partial charge in [0.15, 0.2) is 11.5 Å². The molecular weight excluding hydrogens is 544 g/mol. The molecule has 0 aliphatic rings. The summed E-state index contributed by atoms with van der Waals surface area (Å²) in [6, 6.07) is 17.4. The number of furan rings is 1. The molecule has 1 aromatic heterocycles. The van der Waals surface area contributed by atoms with Crippen LogP contribution in [0.4, 0.5) is 4.39 Å². The predicted molar refractivity (Wildman–Crippen MR) is 136 cm³/mol. The van der Waals surface area contributed by atoms with Crippen LogP contribution in [0.25, 0.3) is 0 Å². The molecule has 3 aromatic carbocycles. The quantitative estimate of drug-likeness (QED) is 0.221. The van der Waals surface area contributed by atoms with Crippen LogP contribution in [0.15, 0.2) is 88.4 Å². The minimum Gasteiger partial charge on any atom is -0.493 e. The molecule has 192 valence electrons. The van der Waals surface area contributed by atoms with Gasteiger partial charge in [-0.15, -0.1) is 0 Å². The smallest absolute Gasteiger partial charge is 0.339 e. The van der Waals surface area contributed by atoms with Gasteiger partial charge >= 0.3 is 10.1 Å². The molecule has 4 rings (SSSR count). The third-order valence-electron chi connectivity index (χ3n) is 5.30. The SMILES string of the molecule is COc1ccc(CN(Cc2ccco2)C(=O)c2ccccc2F)cc1OS(=O)(=O)c1ccc(Cl)c(Cl)c1. The van der Waals surface area contributed by atoms with Crippen molar-refractivity contribution in [1.82, 2.24) is 4.90 Å². The molecule has 0 atom stereocenters. The zero-order valence-corrected chi connectivity index (χ0v) is 21.7. The van der Waals surface area contributed by atoms with Crippen LogP contribution in [-0.2, 0) is 23.2 Å². The first-order chi connectivity index (χ1) is 17.7. The molecule has 37 heavy (non-hydrogen) atoms. The van der Waals surface area contributed by atoms with Crippen LogP contribution < -0.4 is 8.92 Å². The van der Waals surface area contributed by atoms with E-state index >= 15 is 0 Å². The fraction of sp³-hybridized carbons (Fsp3) is 0.115.